The molecule has 5 heteroatoms. The average molecular weight is 223 g/mol. The lowest BCUT2D eigenvalue weighted by molar-refractivity contribution is 0.313. The molecule has 0 amide bonds. The summed E-state index contributed by atoms with van der Waals surface area (Å²) in [6, 6.07) is 0. The number of rotatable bonds is 3. The molecule has 2 N–H and O–H groups in total. The van der Waals surface area contributed by atoms with E-state index < -0.39 is 0 Å². The van der Waals surface area contributed by atoms with Gasteiger partial charge in [-0.15, -0.1) is 10.2 Å². The molecular formula is C11H21N5. The maximum Gasteiger partial charge on any atom is 0.175 e. The van der Waals surface area contributed by atoms with Crippen LogP contribution in [-0.4, -0.2) is 26.8 Å². The summed E-state index contributed by atoms with van der Waals surface area (Å²) in [5.41, 5.74) is 5.86. The van der Waals surface area contributed by atoms with Gasteiger partial charge in [0.2, 0.25) is 0 Å². The fourth-order valence-corrected chi connectivity index (χ4v) is 2.68. The van der Waals surface area contributed by atoms with Crippen LogP contribution in [0, 0.1) is 11.8 Å². The van der Waals surface area contributed by atoms with Gasteiger partial charge in [0.25, 0.3) is 0 Å². The molecule has 1 aromatic rings. The molecule has 0 aromatic carbocycles. The van der Waals surface area contributed by atoms with Gasteiger partial charge in [-0.1, -0.05) is 19.3 Å². The minimum absolute atomic E-state index is 0.645. The number of nitrogens with two attached hydrogens (primary N) is 1. The van der Waals surface area contributed by atoms with Crippen molar-refractivity contribution in [3.8, 4) is 0 Å². The van der Waals surface area contributed by atoms with Gasteiger partial charge in [0.1, 0.15) is 0 Å². The van der Waals surface area contributed by atoms with Crippen LogP contribution in [0.2, 0.25) is 0 Å². The summed E-state index contributed by atoms with van der Waals surface area (Å²) in [6.45, 7) is 0.797. The molecule has 0 aliphatic heterocycles. The fraction of sp³-hybridized carbons (Fsp3) is 0.909. The number of hydrogen-bond donors (Lipinski definition) is 1. The molecule has 1 aromatic heterocycles. The second-order valence-corrected chi connectivity index (χ2v) is 4.79. The Labute approximate surface area is 96.4 Å². The Balaban J connectivity index is 1.99. The Hall–Kier alpha value is -0.970. The second-order valence-electron chi connectivity index (χ2n) is 4.79. The van der Waals surface area contributed by atoms with Gasteiger partial charge in [0, 0.05) is 6.42 Å². The number of aryl methyl sites for hydroxylation is 1. The van der Waals surface area contributed by atoms with Crippen LogP contribution in [0.1, 0.15) is 37.9 Å². The van der Waals surface area contributed by atoms with Crippen LogP contribution in [0.25, 0.3) is 0 Å². The fourth-order valence-electron chi connectivity index (χ4n) is 2.68. The summed E-state index contributed by atoms with van der Waals surface area (Å²) in [7, 11) is 1.81. The van der Waals surface area contributed by atoms with Crippen LogP contribution in [0.5, 0.6) is 0 Å². The third-order valence-electron chi connectivity index (χ3n) is 3.61. The monoisotopic (exact) mass is 223 g/mol. The summed E-state index contributed by atoms with van der Waals surface area (Å²) in [5, 5.41) is 12.2. The first-order valence-electron chi connectivity index (χ1n) is 6.22. The lowest BCUT2D eigenvalue weighted by Crippen LogP contribution is -2.24. The van der Waals surface area contributed by atoms with E-state index in [1.165, 1.54) is 36.9 Å². The summed E-state index contributed by atoms with van der Waals surface area (Å²) >= 11 is 0. The highest BCUT2D eigenvalue weighted by Gasteiger charge is 2.24. The predicted octanol–water partition coefficient (Wildman–Crippen LogP) is 0.908. The third-order valence-corrected chi connectivity index (χ3v) is 3.61. The molecule has 1 fully saturated rings. The van der Waals surface area contributed by atoms with Crippen molar-refractivity contribution in [1.82, 2.24) is 20.2 Å². The Morgan fingerprint density at radius 1 is 1.25 bits per heavy atom. The van der Waals surface area contributed by atoms with Gasteiger partial charge in [-0.25, -0.2) is 0 Å². The summed E-state index contributed by atoms with van der Waals surface area (Å²) in [4.78, 5) is 1.53. The first-order valence-corrected chi connectivity index (χ1v) is 6.22. The minimum Gasteiger partial charge on any atom is -0.330 e. The molecule has 1 heterocycles. The molecule has 1 saturated carbocycles. The number of tetrazole rings is 1. The number of hydrogen-bond acceptors (Lipinski definition) is 4. The first kappa shape index (κ1) is 11.5. The lowest BCUT2D eigenvalue weighted by Gasteiger charge is -2.22. The number of nitrogens with zero attached hydrogens (tertiary/aromatic N) is 4. The van der Waals surface area contributed by atoms with E-state index >= 15 is 0 Å². The largest absolute Gasteiger partial charge is 0.330 e. The normalized spacial score (nSPS) is 26.6. The van der Waals surface area contributed by atoms with Crippen molar-refractivity contribution in [3.05, 3.63) is 5.82 Å². The van der Waals surface area contributed by atoms with E-state index in [2.05, 4.69) is 15.4 Å². The second kappa shape index (κ2) is 5.39. The van der Waals surface area contributed by atoms with Gasteiger partial charge in [-0.05, 0) is 36.4 Å². The van der Waals surface area contributed by atoms with Crippen molar-refractivity contribution in [2.75, 3.05) is 6.54 Å². The standard InChI is InChI=1S/C11H21N5/c1-16-14-11(13-15-16)7-9-5-3-2-4-6-10(9)8-12/h9-10H,2-8,12H2,1H3. The van der Waals surface area contributed by atoms with Crippen molar-refractivity contribution in [2.24, 2.45) is 24.6 Å². The van der Waals surface area contributed by atoms with Crippen molar-refractivity contribution in [2.45, 2.75) is 38.5 Å². The summed E-state index contributed by atoms with van der Waals surface area (Å²) in [5.74, 6) is 2.16. The SMILES string of the molecule is Cn1nnc(CC2CCCCCC2CN)n1. The van der Waals surface area contributed by atoms with Crippen LogP contribution in [0.4, 0.5) is 0 Å². The van der Waals surface area contributed by atoms with Crippen LogP contribution >= 0.6 is 0 Å². The van der Waals surface area contributed by atoms with E-state index in [9.17, 15) is 0 Å². The molecule has 0 saturated heterocycles. The van der Waals surface area contributed by atoms with Crippen LogP contribution < -0.4 is 5.73 Å². The molecule has 1 aliphatic rings. The Bertz CT molecular complexity index is 322. The molecule has 1 aliphatic carbocycles. The van der Waals surface area contributed by atoms with Gasteiger partial charge in [-0.2, -0.15) is 4.80 Å². The maximum absolute atomic E-state index is 5.86. The van der Waals surface area contributed by atoms with Gasteiger partial charge >= 0.3 is 0 Å². The Kier molecular flexibility index (Phi) is 3.88. The Morgan fingerprint density at radius 3 is 2.62 bits per heavy atom. The molecule has 16 heavy (non-hydrogen) atoms. The summed E-state index contributed by atoms with van der Waals surface area (Å²) < 4.78 is 0. The molecular weight excluding hydrogens is 202 g/mol. The lowest BCUT2D eigenvalue weighted by atomic mass is 9.85. The zero-order valence-electron chi connectivity index (χ0n) is 9.97. The molecule has 2 atom stereocenters. The summed E-state index contributed by atoms with van der Waals surface area (Å²) in [6.07, 6.45) is 7.46. The van der Waals surface area contributed by atoms with E-state index in [1.807, 2.05) is 7.05 Å². The molecule has 2 unspecified atom stereocenters. The molecule has 90 valence electrons. The van der Waals surface area contributed by atoms with E-state index in [-0.39, 0.29) is 0 Å². The highest BCUT2D eigenvalue weighted by molar-refractivity contribution is 4.85. The Morgan fingerprint density at radius 2 is 2.00 bits per heavy atom. The zero-order chi connectivity index (χ0) is 11.4. The molecule has 0 bridgehead atoms. The van der Waals surface area contributed by atoms with Crippen LogP contribution in [0.15, 0.2) is 0 Å². The number of aromatic nitrogens is 4. The smallest absolute Gasteiger partial charge is 0.175 e. The van der Waals surface area contributed by atoms with Crippen molar-refractivity contribution >= 4 is 0 Å². The quantitative estimate of drug-likeness (QED) is 0.773. The van der Waals surface area contributed by atoms with E-state index in [0.717, 1.165) is 18.8 Å². The molecule has 0 radical (unpaired) electrons. The molecule has 5 nitrogen and oxygen atoms in total. The van der Waals surface area contributed by atoms with E-state index in [4.69, 9.17) is 5.73 Å². The van der Waals surface area contributed by atoms with E-state index in [0.29, 0.717) is 11.8 Å². The van der Waals surface area contributed by atoms with Crippen molar-refractivity contribution in [3.63, 3.8) is 0 Å². The van der Waals surface area contributed by atoms with E-state index in [1.54, 1.807) is 0 Å². The topological polar surface area (TPSA) is 69.6 Å². The highest BCUT2D eigenvalue weighted by Crippen LogP contribution is 2.29. The van der Waals surface area contributed by atoms with Gasteiger partial charge < -0.3 is 5.73 Å². The van der Waals surface area contributed by atoms with Crippen LogP contribution in [-0.2, 0) is 13.5 Å². The van der Waals surface area contributed by atoms with Crippen molar-refractivity contribution < 1.29 is 0 Å². The van der Waals surface area contributed by atoms with Crippen molar-refractivity contribution in [1.29, 1.82) is 0 Å². The highest BCUT2D eigenvalue weighted by atomic mass is 15.6. The predicted molar refractivity (Wildman–Crippen MR) is 61.6 cm³/mol. The molecule has 2 rings (SSSR count). The van der Waals surface area contributed by atoms with Gasteiger partial charge in [0.05, 0.1) is 7.05 Å². The zero-order valence-corrected chi connectivity index (χ0v) is 9.97. The average Bonchev–Trinajstić information content (AvgIpc) is 2.56. The molecule has 0 spiro atoms. The first-order chi connectivity index (χ1) is 7.79. The third kappa shape index (κ3) is 2.78. The minimum atomic E-state index is 0.645. The van der Waals surface area contributed by atoms with Gasteiger partial charge in [-0.3, -0.25) is 0 Å². The van der Waals surface area contributed by atoms with Gasteiger partial charge in [0.15, 0.2) is 5.82 Å². The van der Waals surface area contributed by atoms with Crippen LogP contribution in [0.3, 0.4) is 0 Å². The maximum atomic E-state index is 5.86.